The van der Waals surface area contributed by atoms with Crippen molar-refractivity contribution >= 4 is 28.1 Å². The molecule has 0 bridgehead atoms. The minimum Gasteiger partial charge on any atom is -0.493 e. The number of hydrogen-bond donors (Lipinski definition) is 2. The molecule has 0 aliphatic heterocycles. The summed E-state index contributed by atoms with van der Waals surface area (Å²) >= 11 is 8.97. The molecule has 0 saturated heterocycles. The zero-order valence-electron chi connectivity index (χ0n) is 16.6. The van der Waals surface area contributed by atoms with Gasteiger partial charge in [0.05, 0.1) is 18.1 Å². The van der Waals surface area contributed by atoms with Crippen LogP contribution in [0.5, 0.6) is 11.5 Å². The lowest BCUT2D eigenvalue weighted by Gasteiger charge is -2.15. The second-order valence-corrected chi connectivity index (χ2v) is 7.76. The topological polar surface area (TPSA) is 89.9 Å². The van der Waals surface area contributed by atoms with Crippen molar-refractivity contribution in [2.75, 3.05) is 12.5 Å². The maximum Gasteiger partial charge on any atom is 0.214 e. The maximum atomic E-state index is 5.97. The van der Waals surface area contributed by atoms with E-state index in [1.807, 2.05) is 36.4 Å². The molecular formula is C21H19BrN6O2S. The van der Waals surface area contributed by atoms with Crippen LogP contribution in [0.1, 0.15) is 11.1 Å². The molecule has 8 nitrogen and oxygen atoms in total. The lowest BCUT2D eigenvalue weighted by Crippen LogP contribution is -2.16. The van der Waals surface area contributed by atoms with Crippen LogP contribution in [0.25, 0.3) is 11.4 Å². The quantitative estimate of drug-likeness (QED) is 0.345. The van der Waals surface area contributed by atoms with Gasteiger partial charge in [-0.05, 0) is 64.0 Å². The second kappa shape index (κ2) is 9.71. The smallest absolute Gasteiger partial charge is 0.214 e. The Morgan fingerprint density at radius 1 is 1.13 bits per heavy atom. The van der Waals surface area contributed by atoms with E-state index in [0.29, 0.717) is 35.2 Å². The number of halogens is 1. The number of rotatable bonds is 8. The molecule has 31 heavy (non-hydrogen) atoms. The Hall–Kier alpha value is -3.24. The Morgan fingerprint density at radius 2 is 1.97 bits per heavy atom. The molecule has 0 amide bonds. The summed E-state index contributed by atoms with van der Waals surface area (Å²) in [7, 11) is 1.61. The number of H-pyrrole nitrogens is 1. The van der Waals surface area contributed by atoms with Gasteiger partial charge in [-0.2, -0.15) is 5.10 Å². The molecule has 0 radical (unpaired) electrons. The van der Waals surface area contributed by atoms with E-state index in [-0.39, 0.29) is 0 Å². The summed E-state index contributed by atoms with van der Waals surface area (Å²) in [4.78, 5) is 8.15. The van der Waals surface area contributed by atoms with Gasteiger partial charge in [-0.25, -0.2) is 9.77 Å². The van der Waals surface area contributed by atoms with Crippen molar-refractivity contribution in [1.29, 1.82) is 0 Å². The van der Waals surface area contributed by atoms with Crippen LogP contribution in [-0.2, 0) is 13.2 Å². The number of ether oxygens (including phenoxy) is 2. The zero-order valence-corrected chi connectivity index (χ0v) is 19.0. The number of aromatic amines is 1. The van der Waals surface area contributed by atoms with Crippen LogP contribution in [0.4, 0.5) is 0 Å². The Bertz CT molecular complexity index is 1210. The fraction of sp³-hybridized carbons (Fsp3) is 0.143. The molecule has 2 N–H and O–H groups in total. The van der Waals surface area contributed by atoms with Crippen molar-refractivity contribution in [2.24, 2.45) is 0 Å². The second-order valence-electron chi connectivity index (χ2n) is 6.52. The van der Waals surface area contributed by atoms with Gasteiger partial charge < -0.3 is 14.9 Å². The third-order valence-corrected chi connectivity index (χ3v) is 5.31. The van der Waals surface area contributed by atoms with E-state index in [0.717, 1.165) is 21.2 Å². The van der Waals surface area contributed by atoms with Crippen LogP contribution in [0.15, 0.2) is 65.7 Å². The van der Waals surface area contributed by atoms with E-state index < -0.39 is 0 Å². The summed E-state index contributed by atoms with van der Waals surface area (Å²) in [5.41, 5.74) is 6.15. The highest BCUT2D eigenvalue weighted by molar-refractivity contribution is 9.10. The van der Waals surface area contributed by atoms with Crippen LogP contribution >= 0.6 is 28.1 Å². The van der Waals surface area contributed by atoms with Crippen molar-refractivity contribution in [3.63, 3.8) is 0 Å². The molecule has 0 saturated carbocycles. The van der Waals surface area contributed by atoms with Crippen LogP contribution < -0.4 is 14.9 Å². The number of benzene rings is 1. The minimum atomic E-state index is 0.389. The van der Waals surface area contributed by atoms with Crippen molar-refractivity contribution in [1.82, 2.24) is 24.8 Å². The molecule has 158 valence electrons. The van der Waals surface area contributed by atoms with Gasteiger partial charge in [0.1, 0.15) is 6.61 Å². The predicted octanol–water partition coefficient (Wildman–Crippen LogP) is 4.49. The first-order valence-electron chi connectivity index (χ1n) is 9.35. The van der Waals surface area contributed by atoms with Crippen LogP contribution in [0, 0.1) is 4.77 Å². The number of methoxy groups -OCH3 is 1. The first kappa shape index (κ1) is 21.0. The maximum absolute atomic E-state index is 5.97. The molecule has 1 aromatic carbocycles. The van der Waals surface area contributed by atoms with Gasteiger partial charge in [0.2, 0.25) is 4.77 Å². The fourth-order valence-corrected chi connectivity index (χ4v) is 3.76. The van der Waals surface area contributed by atoms with Gasteiger partial charge in [0, 0.05) is 35.9 Å². The van der Waals surface area contributed by atoms with Gasteiger partial charge in [-0.1, -0.05) is 6.07 Å². The summed E-state index contributed by atoms with van der Waals surface area (Å²) in [6.45, 7) is 0.879. The summed E-state index contributed by atoms with van der Waals surface area (Å²) in [6.07, 6.45) is 6.93. The Morgan fingerprint density at radius 3 is 2.71 bits per heavy atom. The normalized spacial score (nSPS) is 10.6. The first-order chi connectivity index (χ1) is 15.2. The highest BCUT2D eigenvalue weighted by Crippen LogP contribution is 2.37. The van der Waals surface area contributed by atoms with E-state index >= 15 is 0 Å². The molecular weight excluding hydrogens is 480 g/mol. The molecule has 3 aromatic heterocycles. The van der Waals surface area contributed by atoms with Crippen LogP contribution in [0.3, 0.4) is 0 Å². The van der Waals surface area contributed by atoms with Gasteiger partial charge in [-0.15, -0.1) is 0 Å². The summed E-state index contributed by atoms with van der Waals surface area (Å²) in [5, 5.41) is 7.13. The average Bonchev–Trinajstić information content (AvgIpc) is 3.18. The zero-order chi connectivity index (χ0) is 21.6. The Balaban J connectivity index is 1.52. The lowest BCUT2D eigenvalue weighted by atomic mass is 10.2. The third-order valence-electron chi connectivity index (χ3n) is 4.45. The molecule has 10 heteroatoms. The van der Waals surface area contributed by atoms with Crippen LogP contribution in [0.2, 0.25) is 0 Å². The summed E-state index contributed by atoms with van der Waals surface area (Å²) in [5.74, 6) is 1.93. The van der Waals surface area contributed by atoms with Crippen molar-refractivity contribution in [3.05, 3.63) is 81.6 Å². The molecule has 0 spiro atoms. The van der Waals surface area contributed by atoms with E-state index in [1.165, 1.54) is 0 Å². The highest BCUT2D eigenvalue weighted by atomic mass is 79.9. The SMILES string of the molecule is COc1cc(CNn2c(-c3ccncc3)n[nH]c2=S)cc(Br)c1OCc1cccnc1. The van der Waals surface area contributed by atoms with Crippen molar-refractivity contribution in [3.8, 4) is 22.9 Å². The van der Waals surface area contributed by atoms with E-state index in [9.17, 15) is 0 Å². The van der Waals surface area contributed by atoms with Crippen molar-refractivity contribution < 1.29 is 9.47 Å². The van der Waals surface area contributed by atoms with Crippen molar-refractivity contribution in [2.45, 2.75) is 13.2 Å². The van der Waals surface area contributed by atoms with Crippen LogP contribution in [-0.4, -0.2) is 32.0 Å². The molecule has 0 aliphatic rings. The molecule has 4 rings (SSSR count). The first-order valence-corrected chi connectivity index (χ1v) is 10.6. The van der Waals surface area contributed by atoms with E-state index in [1.54, 1.807) is 36.6 Å². The molecule has 4 aromatic rings. The number of nitrogens with one attached hydrogen (secondary N) is 2. The molecule has 0 atom stereocenters. The van der Waals surface area contributed by atoms with E-state index in [4.69, 9.17) is 21.7 Å². The fourth-order valence-electron chi connectivity index (χ4n) is 2.96. The summed E-state index contributed by atoms with van der Waals surface area (Å²) < 4.78 is 14.5. The number of aromatic nitrogens is 5. The van der Waals surface area contributed by atoms with Gasteiger partial charge in [0.25, 0.3) is 0 Å². The predicted molar refractivity (Wildman–Crippen MR) is 123 cm³/mol. The molecule has 0 aliphatic carbocycles. The van der Waals surface area contributed by atoms with Gasteiger partial charge >= 0.3 is 0 Å². The number of nitrogens with zero attached hydrogens (tertiary/aromatic N) is 4. The average molecular weight is 499 g/mol. The minimum absolute atomic E-state index is 0.389. The number of hydrogen-bond acceptors (Lipinski definition) is 7. The Labute approximate surface area is 192 Å². The molecule has 0 fully saturated rings. The highest BCUT2D eigenvalue weighted by Gasteiger charge is 2.13. The monoisotopic (exact) mass is 498 g/mol. The number of pyridine rings is 2. The van der Waals surface area contributed by atoms with E-state index in [2.05, 4.69) is 41.5 Å². The molecule has 0 unspecified atom stereocenters. The third kappa shape index (κ3) is 4.92. The van der Waals surface area contributed by atoms with Gasteiger partial charge in [0.15, 0.2) is 17.3 Å². The standard InChI is InChI=1S/C21H19BrN6O2S/c1-29-18-10-15(9-17(22)19(18)30-13-14-3-2-6-24-11-14)12-25-28-20(26-27-21(28)31)16-4-7-23-8-5-16/h2-11,25H,12-13H2,1H3,(H,27,31). The van der Waals surface area contributed by atoms with Gasteiger partial charge in [-0.3, -0.25) is 9.97 Å². The Kier molecular flexibility index (Phi) is 6.58. The largest absolute Gasteiger partial charge is 0.493 e. The lowest BCUT2D eigenvalue weighted by molar-refractivity contribution is 0.282. The summed E-state index contributed by atoms with van der Waals surface area (Å²) in [6, 6.07) is 11.5. The molecule has 3 heterocycles.